The average Bonchev–Trinajstić information content (AvgIpc) is 3.26. The Kier molecular flexibility index (Phi) is 4.65. The number of aliphatic carboxylic acids is 1. The number of nitrogens with zero attached hydrogens (tertiary/aromatic N) is 4. The summed E-state index contributed by atoms with van der Waals surface area (Å²) in [7, 11) is 0. The molecule has 1 aliphatic carbocycles. The number of rotatable bonds is 5. The van der Waals surface area contributed by atoms with Crippen molar-refractivity contribution in [3.8, 4) is 11.5 Å². The first-order valence-corrected chi connectivity index (χ1v) is 8.60. The number of aromatic nitrogens is 4. The second-order valence-corrected chi connectivity index (χ2v) is 6.60. The van der Waals surface area contributed by atoms with Gasteiger partial charge in [-0.1, -0.05) is 6.07 Å². The normalized spacial score (nSPS) is 15.9. The number of benzene rings is 1. The van der Waals surface area contributed by atoms with Gasteiger partial charge < -0.3 is 14.8 Å². The molecule has 1 aliphatic rings. The molecule has 2 N–H and O–H groups in total. The van der Waals surface area contributed by atoms with E-state index in [2.05, 4.69) is 25.5 Å². The molecule has 0 saturated carbocycles. The zero-order valence-electron chi connectivity index (χ0n) is 14.8. The maximum atomic E-state index is 12.9. The SMILES string of the molecule is O=C(O)Cc1nnc(-c2cnc(NC3Cc4ccc(C(F)(F)F)cc4C3)nc2)o1. The van der Waals surface area contributed by atoms with E-state index in [1.165, 1.54) is 24.5 Å². The van der Waals surface area contributed by atoms with Crippen LogP contribution in [0.25, 0.3) is 11.5 Å². The van der Waals surface area contributed by atoms with E-state index in [0.29, 0.717) is 29.9 Å². The number of anilines is 1. The summed E-state index contributed by atoms with van der Waals surface area (Å²) in [5.41, 5.74) is 1.29. The van der Waals surface area contributed by atoms with Gasteiger partial charge in [-0.05, 0) is 36.1 Å². The molecule has 2 heterocycles. The highest BCUT2D eigenvalue weighted by molar-refractivity contribution is 5.68. The van der Waals surface area contributed by atoms with Crippen molar-refractivity contribution < 1.29 is 27.5 Å². The van der Waals surface area contributed by atoms with E-state index < -0.39 is 17.7 Å². The van der Waals surface area contributed by atoms with Crippen LogP contribution < -0.4 is 5.32 Å². The molecule has 8 nitrogen and oxygen atoms in total. The Balaban J connectivity index is 1.42. The van der Waals surface area contributed by atoms with Crippen LogP contribution in [0.3, 0.4) is 0 Å². The third-order valence-corrected chi connectivity index (χ3v) is 4.47. The predicted molar refractivity (Wildman–Crippen MR) is 92.9 cm³/mol. The number of fused-ring (bicyclic) bond motifs is 1. The number of halogens is 3. The van der Waals surface area contributed by atoms with Crippen molar-refractivity contribution >= 4 is 11.9 Å². The molecule has 2 aromatic heterocycles. The molecule has 1 atom stereocenters. The lowest BCUT2D eigenvalue weighted by atomic mass is 10.1. The number of hydrogen-bond donors (Lipinski definition) is 2. The fourth-order valence-corrected chi connectivity index (χ4v) is 3.16. The number of nitrogens with one attached hydrogen (secondary N) is 1. The largest absolute Gasteiger partial charge is 0.481 e. The fourth-order valence-electron chi connectivity index (χ4n) is 3.16. The van der Waals surface area contributed by atoms with Crippen LogP contribution in [0.1, 0.15) is 22.6 Å². The molecule has 0 saturated heterocycles. The average molecular weight is 405 g/mol. The molecule has 0 amide bonds. The predicted octanol–water partition coefficient (Wildman–Crippen LogP) is 2.75. The minimum atomic E-state index is -4.36. The monoisotopic (exact) mass is 405 g/mol. The van der Waals surface area contributed by atoms with Crippen LogP contribution in [0, 0.1) is 0 Å². The molecular weight excluding hydrogens is 391 g/mol. The second kappa shape index (κ2) is 7.15. The van der Waals surface area contributed by atoms with Gasteiger partial charge in [0.25, 0.3) is 5.89 Å². The lowest BCUT2D eigenvalue weighted by Gasteiger charge is -2.11. The minimum absolute atomic E-state index is 0.0309. The highest BCUT2D eigenvalue weighted by Crippen LogP contribution is 2.33. The molecular formula is C18H14F3N5O3. The van der Waals surface area contributed by atoms with E-state index in [9.17, 15) is 18.0 Å². The second-order valence-electron chi connectivity index (χ2n) is 6.60. The van der Waals surface area contributed by atoms with Crippen LogP contribution in [0.2, 0.25) is 0 Å². The third-order valence-electron chi connectivity index (χ3n) is 4.47. The first kappa shape index (κ1) is 18.8. The lowest BCUT2D eigenvalue weighted by molar-refractivity contribution is -0.138. The van der Waals surface area contributed by atoms with Gasteiger partial charge in [0.05, 0.1) is 11.1 Å². The van der Waals surface area contributed by atoms with Crippen LogP contribution in [-0.4, -0.2) is 37.3 Å². The van der Waals surface area contributed by atoms with Crippen LogP contribution >= 0.6 is 0 Å². The summed E-state index contributed by atoms with van der Waals surface area (Å²) in [6, 6.07) is 3.67. The van der Waals surface area contributed by atoms with Gasteiger partial charge in [-0.2, -0.15) is 13.2 Å². The highest BCUT2D eigenvalue weighted by atomic mass is 19.4. The smallest absolute Gasteiger partial charge is 0.416 e. The topological polar surface area (TPSA) is 114 Å². The van der Waals surface area contributed by atoms with Crippen LogP contribution in [-0.2, 0) is 30.2 Å². The zero-order chi connectivity index (χ0) is 20.6. The molecule has 3 aromatic rings. The molecule has 150 valence electrons. The van der Waals surface area contributed by atoms with Crippen molar-refractivity contribution in [3.63, 3.8) is 0 Å². The van der Waals surface area contributed by atoms with E-state index in [1.54, 1.807) is 0 Å². The summed E-state index contributed by atoms with van der Waals surface area (Å²) in [4.78, 5) is 19.0. The molecule has 1 unspecified atom stereocenters. The van der Waals surface area contributed by atoms with Crippen molar-refractivity contribution in [2.24, 2.45) is 0 Å². The van der Waals surface area contributed by atoms with Gasteiger partial charge in [-0.3, -0.25) is 4.79 Å². The van der Waals surface area contributed by atoms with Gasteiger partial charge in [0, 0.05) is 18.4 Å². The van der Waals surface area contributed by atoms with Gasteiger partial charge in [0.1, 0.15) is 6.42 Å². The summed E-state index contributed by atoms with van der Waals surface area (Å²) in [5.74, 6) is -0.707. The zero-order valence-corrected chi connectivity index (χ0v) is 14.8. The number of carbonyl (C=O) groups is 1. The Morgan fingerprint density at radius 2 is 1.90 bits per heavy atom. The van der Waals surface area contributed by atoms with Gasteiger partial charge in [-0.15, -0.1) is 10.2 Å². The Morgan fingerprint density at radius 3 is 2.59 bits per heavy atom. The standard InChI is InChI=1S/C18H14F3N5O3/c19-18(20,21)12-2-1-9-4-13(5-10(9)3-12)24-17-22-7-11(8-23-17)16-26-25-14(29-16)6-15(27)28/h1-3,7-8,13H,4-6H2,(H,27,28)(H,22,23,24). The molecule has 1 aromatic carbocycles. The molecule has 29 heavy (non-hydrogen) atoms. The summed E-state index contributed by atoms with van der Waals surface area (Å²) >= 11 is 0. The minimum Gasteiger partial charge on any atom is -0.481 e. The Hall–Kier alpha value is -3.50. The van der Waals surface area contributed by atoms with E-state index in [-0.39, 0.29) is 24.2 Å². The maximum absolute atomic E-state index is 12.9. The van der Waals surface area contributed by atoms with Crippen molar-refractivity contribution in [1.29, 1.82) is 0 Å². The molecule has 0 spiro atoms. The first-order valence-electron chi connectivity index (χ1n) is 8.60. The number of hydrogen-bond acceptors (Lipinski definition) is 7. The Morgan fingerprint density at radius 1 is 1.17 bits per heavy atom. The summed E-state index contributed by atoms with van der Waals surface area (Å²) in [6.07, 6.45) is -0.855. The van der Waals surface area contributed by atoms with Gasteiger partial charge in [-0.25, -0.2) is 9.97 Å². The third kappa shape index (κ3) is 4.18. The van der Waals surface area contributed by atoms with Crippen molar-refractivity contribution in [2.45, 2.75) is 31.5 Å². The maximum Gasteiger partial charge on any atom is 0.416 e. The molecule has 4 rings (SSSR count). The summed E-state index contributed by atoms with van der Waals surface area (Å²) in [5, 5.41) is 19.2. The summed E-state index contributed by atoms with van der Waals surface area (Å²) < 4.78 is 43.8. The quantitative estimate of drug-likeness (QED) is 0.666. The molecule has 0 radical (unpaired) electrons. The molecule has 0 fully saturated rings. The summed E-state index contributed by atoms with van der Waals surface area (Å²) in [6.45, 7) is 0. The van der Waals surface area contributed by atoms with Crippen molar-refractivity contribution in [1.82, 2.24) is 20.2 Å². The van der Waals surface area contributed by atoms with Crippen molar-refractivity contribution in [2.75, 3.05) is 5.32 Å². The highest BCUT2D eigenvalue weighted by Gasteiger charge is 2.32. The van der Waals surface area contributed by atoms with Gasteiger partial charge in [0.2, 0.25) is 11.8 Å². The van der Waals surface area contributed by atoms with Crippen LogP contribution in [0.4, 0.5) is 19.1 Å². The van der Waals surface area contributed by atoms with Crippen molar-refractivity contribution in [3.05, 3.63) is 53.2 Å². The van der Waals surface area contributed by atoms with E-state index >= 15 is 0 Å². The lowest BCUT2D eigenvalue weighted by Crippen LogP contribution is -2.21. The Labute approximate surface area is 161 Å². The molecule has 0 aliphatic heterocycles. The van der Waals surface area contributed by atoms with Crippen LogP contribution in [0.5, 0.6) is 0 Å². The Bertz CT molecular complexity index is 1050. The number of alkyl halides is 3. The molecule has 11 heteroatoms. The van der Waals surface area contributed by atoms with E-state index in [0.717, 1.165) is 11.6 Å². The van der Waals surface area contributed by atoms with Gasteiger partial charge in [0.15, 0.2) is 0 Å². The molecule has 0 bridgehead atoms. The van der Waals surface area contributed by atoms with E-state index in [1.807, 2.05) is 0 Å². The number of carboxylic acids is 1. The number of carboxylic acid groups (broad SMARTS) is 1. The van der Waals surface area contributed by atoms with Gasteiger partial charge >= 0.3 is 12.1 Å². The fraction of sp³-hybridized carbons (Fsp3) is 0.278. The first-order chi connectivity index (χ1) is 13.8. The van der Waals surface area contributed by atoms with Crippen LogP contribution in [0.15, 0.2) is 35.0 Å². The van der Waals surface area contributed by atoms with E-state index in [4.69, 9.17) is 9.52 Å².